The second kappa shape index (κ2) is 5.69. The van der Waals surface area contributed by atoms with Gasteiger partial charge in [0.15, 0.2) is 0 Å². The molecule has 3 atom stereocenters. The molecule has 0 amide bonds. The highest BCUT2D eigenvalue weighted by atomic mass is 16.3. The number of nitrogens with zero attached hydrogens (tertiary/aromatic N) is 1. The standard InChI is InChI=1S/C14H24N2O/c1-11-10-16(3)12(2)9-14(11)15-7-6-13-5-4-8-17-13/h4-5,8,11-12,14-15H,6-7,9-10H2,1-3H3. The fourth-order valence-electron chi connectivity index (χ4n) is 2.66. The topological polar surface area (TPSA) is 28.4 Å². The van der Waals surface area contributed by atoms with Gasteiger partial charge < -0.3 is 14.6 Å². The van der Waals surface area contributed by atoms with E-state index < -0.39 is 0 Å². The lowest BCUT2D eigenvalue weighted by Crippen LogP contribution is -2.51. The molecule has 1 fully saturated rings. The zero-order valence-corrected chi connectivity index (χ0v) is 11.1. The SMILES string of the molecule is CC1CN(C)C(C)CC1NCCc1ccco1. The van der Waals surface area contributed by atoms with Crippen LogP contribution >= 0.6 is 0 Å². The lowest BCUT2D eigenvalue weighted by atomic mass is 9.90. The molecule has 1 aliphatic heterocycles. The highest BCUT2D eigenvalue weighted by molar-refractivity contribution is 4.98. The van der Waals surface area contributed by atoms with E-state index in [1.807, 2.05) is 12.1 Å². The average molecular weight is 236 g/mol. The molecule has 0 saturated carbocycles. The van der Waals surface area contributed by atoms with E-state index in [0.717, 1.165) is 24.6 Å². The van der Waals surface area contributed by atoms with Crippen LogP contribution in [0.15, 0.2) is 22.8 Å². The fraction of sp³-hybridized carbons (Fsp3) is 0.714. The third kappa shape index (κ3) is 3.33. The van der Waals surface area contributed by atoms with Crippen LogP contribution in [-0.4, -0.2) is 37.1 Å². The van der Waals surface area contributed by atoms with Gasteiger partial charge in [0.2, 0.25) is 0 Å². The number of nitrogens with one attached hydrogen (secondary N) is 1. The predicted octanol–water partition coefficient (Wildman–Crippen LogP) is 2.14. The first-order valence-electron chi connectivity index (χ1n) is 6.63. The summed E-state index contributed by atoms with van der Waals surface area (Å²) < 4.78 is 5.34. The highest BCUT2D eigenvalue weighted by Crippen LogP contribution is 2.20. The average Bonchev–Trinajstić information content (AvgIpc) is 2.78. The Morgan fingerprint density at radius 1 is 1.47 bits per heavy atom. The number of hydrogen-bond donors (Lipinski definition) is 1. The largest absolute Gasteiger partial charge is 0.469 e. The van der Waals surface area contributed by atoms with E-state index in [4.69, 9.17) is 4.42 Å². The summed E-state index contributed by atoms with van der Waals surface area (Å²) in [5.74, 6) is 1.80. The third-order valence-corrected chi connectivity index (χ3v) is 3.97. The minimum atomic E-state index is 0.649. The zero-order valence-electron chi connectivity index (χ0n) is 11.1. The molecule has 3 unspecified atom stereocenters. The predicted molar refractivity (Wildman–Crippen MR) is 70.1 cm³/mol. The molecule has 2 heterocycles. The van der Waals surface area contributed by atoms with Gasteiger partial charge in [-0.2, -0.15) is 0 Å². The highest BCUT2D eigenvalue weighted by Gasteiger charge is 2.28. The Labute approximate surface area is 104 Å². The van der Waals surface area contributed by atoms with Gasteiger partial charge in [-0.1, -0.05) is 6.92 Å². The van der Waals surface area contributed by atoms with Gasteiger partial charge in [0, 0.05) is 31.6 Å². The normalized spacial score (nSPS) is 30.6. The maximum Gasteiger partial charge on any atom is 0.105 e. The molecule has 3 heteroatoms. The molecule has 1 saturated heterocycles. The number of piperidine rings is 1. The lowest BCUT2D eigenvalue weighted by Gasteiger charge is -2.40. The number of furan rings is 1. The van der Waals surface area contributed by atoms with Crippen molar-refractivity contribution in [2.45, 2.75) is 38.8 Å². The van der Waals surface area contributed by atoms with Crippen molar-refractivity contribution < 1.29 is 4.42 Å². The molecule has 96 valence electrons. The van der Waals surface area contributed by atoms with Crippen molar-refractivity contribution in [3.63, 3.8) is 0 Å². The van der Waals surface area contributed by atoms with Gasteiger partial charge in [0.25, 0.3) is 0 Å². The fourth-order valence-corrected chi connectivity index (χ4v) is 2.66. The summed E-state index contributed by atoms with van der Waals surface area (Å²) in [5.41, 5.74) is 0. The first-order chi connectivity index (χ1) is 8.16. The Morgan fingerprint density at radius 2 is 2.29 bits per heavy atom. The molecule has 3 nitrogen and oxygen atoms in total. The van der Waals surface area contributed by atoms with Gasteiger partial charge in [-0.3, -0.25) is 0 Å². The molecule has 2 rings (SSSR count). The Hall–Kier alpha value is -0.800. The van der Waals surface area contributed by atoms with Crippen LogP contribution in [0.5, 0.6) is 0 Å². The summed E-state index contributed by atoms with van der Waals surface area (Å²) in [6, 6.07) is 5.33. The number of likely N-dealkylation sites (tertiary alicyclic amines) is 1. The summed E-state index contributed by atoms with van der Waals surface area (Å²) in [6.45, 7) is 6.86. The van der Waals surface area contributed by atoms with Crippen molar-refractivity contribution in [1.29, 1.82) is 0 Å². The minimum absolute atomic E-state index is 0.649. The molecule has 0 bridgehead atoms. The summed E-state index contributed by atoms with van der Waals surface area (Å²) >= 11 is 0. The van der Waals surface area contributed by atoms with Gasteiger partial charge in [-0.25, -0.2) is 0 Å². The summed E-state index contributed by atoms with van der Waals surface area (Å²) in [7, 11) is 2.22. The van der Waals surface area contributed by atoms with Crippen LogP contribution in [0.25, 0.3) is 0 Å². The van der Waals surface area contributed by atoms with Crippen LogP contribution < -0.4 is 5.32 Å². The van der Waals surface area contributed by atoms with Crippen LogP contribution in [-0.2, 0) is 6.42 Å². The Bertz CT molecular complexity index is 323. The summed E-state index contributed by atoms with van der Waals surface area (Å²) in [6.07, 6.45) is 3.98. The first kappa shape index (κ1) is 12.7. The van der Waals surface area contributed by atoms with Crippen LogP contribution in [0.3, 0.4) is 0 Å². The first-order valence-corrected chi connectivity index (χ1v) is 6.63. The molecule has 0 aliphatic carbocycles. The van der Waals surface area contributed by atoms with E-state index >= 15 is 0 Å². The van der Waals surface area contributed by atoms with Crippen molar-refractivity contribution >= 4 is 0 Å². The molecule has 1 N–H and O–H groups in total. The molecule has 1 aromatic rings. The second-order valence-corrected chi connectivity index (χ2v) is 5.39. The summed E-state index contributed by atoms with van der Waals surface area (Å²) in [5, 5.41) is 3.67. The number of rotatable bonds is 4. The van der Waals surface area contributed by atoms with Crippen molar-refractivity contribution in [2.24, 2.45) is 5.92 Å². The third-order valence-electron chi connectivity index (χ3n) is 3.97. The van der Waals surface area contributed by atoms with Crippen molar-refractivity contribution in [3.8, 4) is 0 Å². The minimum Gasteiger partial charge on any atom is -0.469 e. The van der Waals surface area contributed by atoms with Crippen LogP contribution in [0.2, 0.25) is 0 Å². The Balaban J connectivity index is 1.75. The van der Waals surface area contributed by atoms with E-state index in [9.17, 15) is 0 Å². The maximum absolute atomic E-state index is 5.34. The molecular formula is C14H24N2O. The van der Waals surface area contributed by atoms with Gasteiger partial charge in [0.1, 0.15) is 5.76 Å². The van der Waals surface area contributed by atoms with Crippen LogP contribution in [0.4, 0.5) is 0 Å². The van der Waals surface area contributed by atoms with Crippen molar-refractivity contribution in [3.05, 3.63) is 24.2 Å². The zero-order chi connectivity index (χ0) is 12.3. The molecule has 17 heavy (non-hydrogen) atoms. The van der Waals surface area contributed by atoms with E-state index in [1.54, 1.807) is 6.26 Å². The maximum atomic E-state index is 5.34. The van der Waals surface area contributed by atoms with E-state index in [2.05, 4.69) is 31.1 Å². The number of hydrogen-bond acceptors (Lipinski definition) is 3. The van der Waals surface area contributed by atoms with E-state index in [1.165, 1.54) is 13.0 Å². The molecule has 0 spiro atoms. The van der Waals surface area contributed by atoms with Crippen LogP contribution in [0, 0.1) is 5.92 Å². The second-order valence-electron chi connectivity index (χ2n) is 5.39. The van der Waals surface area contributed by atoms with E-state index in [0.29, 0.717) is 12.1 Å². The van der Waals surface area contributed by atoms with Crippen molar-refractivity contribution in [1.82, 2.24) is 10.2 Å². The quantitative estimate of drug-likeness (QED) is 0.868. The Kier molecular flexibility index (Phi) is 4.24. The molecule has 1 aliphatic rings. The van der Waals surface area contributed by atoms with Crippen molar-refractivity contribution in [2.75, 3.05) is 20.1 Å². The van der Waals surface area contributed by atoms with Gasteiger partial charge >= 0.3 is 0 Å². The van der Waals surface area contributed by atoms with E-state index in [-0.39, 0.29) is 0 Å². The van der Waals surface area contributed by atoms with Gasteiger partial charge in [0.05, 0.1) is 6.26 Å². The van der Waals surface area contributed by atoms with Gasteiger partial charge in [-0.15, -0.1) is 0 Å². The summed E-state index contributed by atoms with van der Waals surface area (Å²) in [4.78, 5) is 2.45. The molecule has 0 radical (unpaired) electrons. The monoisotopic (exact) mass is 236 g/mol. The lowest BCUT2D eigenvalue weighted by molar-refractivity contribution is 0.122. The Morgan fingerprint density at radius 3 is 3.00 bits per heavy atom. The molecule has 0 aromatic carbocycles. The van der Waals surface area contributed by atoms with Crippen LogP contribution in [0.1, 0.15) is 26.0 Å². The molecular weight excluding hydrogens is 212 g/mol. The van der Waals surface area contributed by atoms with Gasteiger partial charge in [-0.05, 0) is 38.4 Å². The molecule has 1 aromatic heterocycles. The smallest absolute Gasteiger partial charge is 0.105 e.